The highest BCUT2D eigenvalue weighted by Crippen LogP contribution is 2.39. The normalized spacial score (nSPS) is 10.7. The lowest BCUT2D eigenvalue weighted by molar-refractivity contribution is 1.17. The molecule has 0 radical (unpaired) electrons. The Kier molecular flexibility index (Phi) is 4.02. The Balaban J connectivity index is 1.94. The van der Waals surface area contributed by atoms with Gasteiger partial charge in [-0.25, -0.2) is 4.98 Å². The number of hydrogen-bond donors (Lipinski definition) is 0. The lowest BCUT2D eigenvalue weighted by Gasteiger charge is -1.88. The number of aromatic nitrogens is 4. The van der Waals surface area contributed by atoms with Crippen molar-refractivity contribution in [2.24, 2.45) is 0 Å². The minimum atomic E-state index is 0.288. The minimum Gasteiger partial charge on any atom is -0.201 e. The van der Waals surface area contributed by atoms with Crippen molar-refractivity contribution >= 4 is 72.2 Å². The zero-order chi connectivity index (χ0) is 9.97. The minimum absolute atomic E-state index is 0.288. The zero-order valence-corrected chi connectivity index (χ0v) is 11.8. The fourth-order valence-corrected chi connectivity index (χ4v) is 4.75. The smallest absolute Gasteiger partial charge is 0.201 e. The number of hydrogen-bond acceptors (Lipinski definition) is 8. The molecule has 0 unspecified atom stereocenters. The van der Waals surface area contributed by atoms with E-state index >= 15 is 0 Å². The summed E-state index contributed by atoms with van der Waals surface area (Å²) in [6.07, 6.45) is 0. The molecule has 0 atom stereocenters. The molecule has 2 heterocycles. The first kappa shape index (κ1) is 11.1. The van der Waals surface area contributed by atoms with E-state index in [1.54, 1.807) is 0 Å². The summed E-state index contributed by atoms with van der Waals surface area (Å²) >= 11 is 11.4. The molecule has 0 N–H and O–H groups in total. The van der Waals surface area contributed by atoms with E-state index in [0.29, 0.717) is 4.73 Å². The molecule has 0 amide bonds. The predicted molar refractivity (Wildman–Crippen MR) is 64.2 cm³/mol. The Morgan fingerprint density at radius 2 is 1.71 bits per heavy atom. The molecule has 10 heteroatoms. The second-order valence-corrected chi connectivity index (χ2v) is 7.00. The maximum absolute atomic E-state index is 5.58. The average Bonchev–Trinajstić information content (AvgIpc) is 2.72. The van der Waals surface area contributed by atoms with Crippen LogP contribution in [-0.4, -0.2) is 18.7 Å². The first-order chi connectivity index (χ1) is 6.74. The maximum atomic E-state index is 5.58. The van der Waals surface area contributed by atoms with Crippen molar-refractivity contribution in [3.63, 3.8) is 0 Å². The summed E-state index contributed by atoms with van der Waals surface area (Å²) < 4.78 is 10.1. The molecule has 0 bridgehead atoms. The van der Waals surface area contributed by atoms with Gasteiger partial charge in [0.2, 0.25) is 10.0 Å². The van der Waals surface area contributed by atoms with Gasteiger partial charge in [0, 0.05) is 0 Å². The van der Waals surface area contributed by atoms with Gasteiger partial charge >= 0.3 is 0 Å². The first-order valence-electron chi connectivity index (χ1n) is 3.07. The Morgan fingerprint density at radius 1 is 1.07 bits per heavy atom. The number of nitrogens with zero attached hydrogens (tertiary/aromatic N) is 4. The highest BCUT2D eigenvalue weighted by Gasteiger charge is 2.07. The van der Waals surface area contributed by atoms with E-state index in [2.05, 4.69) is 34.6 Å². The van der Waals surface area contributed by atoms with Crippen molar-refractivity contribution in [1.29, 1.82) is 0 Å². The second-order valence-electron chi connectivity index (χ2n) is 1.83. The van der Waals surface area contributed by atoms with Crippen molar-refractivity contribution < 1.29 is 0 Å². The molecule has 0 saturated heterocycles. The fourth-order valence-electron chi connectivity index (χ4n) is 0.525. The molecule has 0 aliphatic heterocycles. The number of rotatable bonds is 3. The van der Waals surface area contributed by atoms with Crippen LogP contribution in [0.5, 0.6) is 0 Å². The quantitative estimate of drug-likeness (QED) is 0.791. The lowest BCUT2D eigenvalue weighted by Crippen LogP contribution is -1.66. The molecule has 2 aromatic rings. The third kappa shape index (κ3) is 3.04. The maximum Gasteiger partial charge on any atom is 0.235 e. The second kappa shape index (κ2) is 5.08. The molecule has 2 aromatic heterocycles. The van der Waals surface area contributed by atoms with Gasteiger partial charge in [0.1, 0.15) is 0 Å². The summed E-state index contributed by atoms with van der Waals surface area (Å²) in [5.41, 5.74) is 0. The van der Waals surface area contributed by atoms with Gasteiger partial charge in [-0.05, 0) is 72.2 Å². The molecule has 0 spiro atoms. The van der Waals surface area contributed by atoms with Crippen LogP contribution in [0.25, 0.3) is 0 Å². The van der Waals surface area contributed by atoms with Crippen LogP contribution >= 0.6 is 72.2 Å². The van der Waals surface area contributed by atoms with E-state index in [1.165, 1.54) is 44.7 Å². The monoisotopic (exact) mass is 346 g/mol. The molecular formula is C4BrClN4S4. The van der Waals surface area contributed by atoms with Gasteiger partial charge < -0.3 is 0 Å². The van der Waals surface area contributed by atoms with Crippen LogP contribution < -0.4 is 0 Å². The van der Waals surface area contributed by atoms with Crippen LogP contribution in [0.4, 0.5) is 0 Å². The molecule has 14 heavy (non-hydrogen) atoms. The van der Waals surface area contributed by atoms with Gasteiger partial charge in [-0.1, -0.05) is 0 Å². The van der Waals surface area contributed by atoms with Crippen molar-refractivity contribution in [2.75, 3.05) is 0 Å². The third-order valence-electron chi connectivity index (χ3n) is 0.949. The summed E-state index contributed by atoms with van der Waals surface area (Å²) in [5, 5.41) is 0.288. The molecule has 0 fully saturated rings. The summed E-state index contributed by atoms with van der Waals surface area (Å²) in [5.74, 6) is 0. The molecule has 2 rings (SSSR count). The van der Waals surface area contributed by atoms with Crippen LogP contribution in [0.1, 0.15) is 0 Å². The van der Waals surface area contributed by atoms with E-state index in [1.807, 2.05) is 0 Å². The highest BCUT2D eigenvalue weighted by atomic mass is 79.9. The Labute approximate surface area is 109 Å². The summed E-state index contributed by atoms with van der Waals surface area (Å²) in [4.78, 5) is 8.11. The van der Waals surface area contributed by atoms with Crippen LogP contribution in [0.15, 0.2) is 13.4 Å². The van der Waals surface area contributed by atoms with E-state index in [9.17, 15) is 0 Å². The van der Waals surface area contributed by atoms with Crippen molar-refractivity contribution in [3.8, 4) is 0 Å². The van der Waals surface area contributed by atoms with Crippen LogP contribution in [0.3, 0.4) is 0 Å². The van der Waals surface area contributed by atoms with E-state index in [-0.39, 0.29) is 5.28 Å². The fraction of sp³-hybridized carbons (Fsp3) is 0. The SMILES string of the molecule is Clc1nsc(SSc2nc(Br)ns2)n1. The van der Waals surface area contributed by atoms with E-state index in [0.717, 1.165) is 8.68 Å². The van der Waals surface area contributed by atoms with Gasteiger partial charge in [-0.2, -0.15) is 13.7 Å². The summed E-state index contributed by atoms with van der Waals surface area (Å²) in [6.45, 7) is 0. The standard InChI is InChI=1S/C4BrClN4S4/c5-1-7-3(11-9-1)13-14-4-8-2(6)10-12-4. The van der Waals surface area contributed by atoms with Gasteiger partial charge in [0.25, 0.3) is 0 Å². The number of halogens is 2. The van der Waals surface area contributed by atoms with Gasteiger partial charge in [0.05, 0.1) is 0 Å². The largest absolute Gasteiger partial charge is 0.235 e. The van der Waals surface area contributed by atoms with Crippen molar-refractivity contribution in [3.05, 3.63) is 10.0 Å². The summed E-state index contributed by atoms with van der Waals surface area (Å²) in [7, 11) is 2.96. The molecular weight excluding hydrogens is 348 g/mol. The topological polar surface area (TPSA) is 51.6 Å². The Bertz CT molecular complexity index is 390. The van der Waals surface area contributed by atoms with Gasteiger partial charge in [0.15, 0.2) is 8.68 Å². The highest BCUT2D eigenvalue weighted by molar-refractivity contribution is 9.10. The molecule has 74 valence electrons. The van der Waals surface area contributed by atoms with Gasteiger partial charge in [-0.3, -0.25) is 0 Å². The molecule has 0 aromatic carbocycles. The van der Waals surface area contributed by atoms with Crippen molar-refractivity contribution in [2.45, 2.75) is 8.68 Å². The van der Waals surface area contributed by atoms with E-state index in [4.69, 9.17) is 11.6 Å². The Hall–Kier alpha value is 0.590. The van der Waals surface area contributed by atoms with Crippen LogP contribution in [-0.2, 0) is 0 Å². The third-order valence-corrected chi connectivity index (χ3v) is 6.16. The van der Waals surface area contributed by atoms with Crippen molar-refractivity contribution in [1.82, 2.24) is 18.7 Å². The first-order valence-corrected chi connectivity index (χ1v) is 7.94. The molecule has 0 saturated carbocycles. The van der Waals surface area contributed by atoms with Gasteiger partial charge in [-0.15, -0.1) is 0 Å². The summed E-state index contributed by atoms with van der Waals surface area (Å²) in [6, 6.07) is 0. The van der Waals surface area contributed by atoms with Crippen LogP contribution in [0, 0.1) is 0 Å². The predicted octanol–water partition coefficient (Wildman–Crippen LogP) is 3.60. The zero-order valence-electron chi connectivity index (χ0n) is 6.18. The lowest BCUT2D eigenvalue weighted by atomic mass is 11.3. The molecule has 0 aliphatic carbocycles. The molecule has 4 nitrogen and oxygen atoms in total. The Morgan fingerprint density at radius 3 is 2.21 bits per heavy atom. The van der Waals surface area contributed by atoms with Crippen LogP contribution in [0.2, 0.25) is 5.28 Å². The van der Waals surface area contributed by atoms with E-state index < -0.39 is 0 Å². The molecule has 0 aliphatic rings. The average molecular weight is 348 g/mol.